The predicted molar refractivity (Wildman–Crippen MR) is 94.5 cm³/mol. The summed E-state index contributed by atoms with van der Waals surface area (Å²) >= 11 is 7.96. The largest absolute Gasteiger partial charge is 0.394 e. The third kappa shape index (κ3) is 2.91. The number of halogens is 1. The molecule has 2 N–H and O–H groups in total. The lowest BCUT2D eigenvalue weighted by molar-refractivity contribution is -0.0954. The molecule has 3 unspecified atom stereocenters. The number of hydrogen-bond acceptors (Lipinski definition) is 5. The predicted octanol–water partition coefficient (Wildman–Crippen LogP) is 2.87. The number of rotatable bonds is 3. The van der Waals surface area contributed by atoms with Gasteiger partial charge in [0.25, 0.3) is 0 Å². The summed E-state index contributed by atoms with van der Waals surface area (Å²) in [5.74, 6) is 0. The van der Waals surface area contributed by atoms with Gasteiger partial charge in [0, 0.05) is 35.1 Å². The Bertz CT molecular complexity index is 731. The molecule has 2 aromatic heterocycles. The number of nitrogens with zero attached hydrogens (tertiary/aromatic N) is 2. The first-order valence-corrected chi connectivity index (χ1v) is 9.61. The maximum absolute atomic E-state index is 9.08. The lowest BCUT2D eigenvalue weighted by atomic mass is 9.78. The molecule has 0 saturated carbocycles. The Kier molecular flexibility index (Phi) is 4.43. The van der Waals surface area contributed by atoms with E-state index < -0.39 is 0 Å². The molecule has 3 atom stereocenters. The van der Waals surface area contributed by atoms with Crippen molar-refractivity contribution in [1.29, 1.82) is 0 Å². The number of thiophene rings is 1. The fourth-order valence-electron chi connectivity index (χ4n) is 4.06. The molecule has 0 aliphatic carbocycles. The molecule has 1 fully saturated rings. The lowest BCUT2D eigenvalue weighted by Gasteiger charge is -2.46. The molecule has 2 aliphatic rings. The number of hydrogen-bond donors (Lipinski definition) is 2. The third-order valence-corrected chi connectivity index (χ3v) is 6.47. The number of ether oxygens (including phenoxy) is 1. The SMILES string of the molecule is CC1CC2(CC(c3cnn(CCO)c3)N1)OCCc1cc(Cl)sc12. The maximum Gasteiger partial charge on any atom is 0.106 e. The number of piperidine rings is 1. The van der Waals surface area contributed by atoms with Crippen molar-refractivity contribution < 1.29 is 9.84 Å². The van der Waals surface area contributed by atoms with Crippen LogP contribution >= 0.6 is 22.9 Å². The van der Waals surface area contributed by atoms with Crippen molar-refractivity contribution >= 4 is 22.9 Å². The van der Waals surface area contributed by atoms with E-state index in [4.69, 9.17) is 21.4 Å². The number of aliphatic hydroxyl groups excluding tert-OH is 1. The molecule has 0 amide bonds. The second-order valence-electron chi connectivity index (χ2n) is 6.79. The summed E-state index contributed by atoms with van der Waals surface area (Å²) in [6.45, 7) is 3.58. The van der Waals surface area contributed by atoms with E-state index in [2.05, 4.69) is 23.4 Å². The van der Waals surface area contributed by atoms with Gasteiger partial charge in [-0.15, -0.1) is 11.3 Å². The topological polar surface area (TPSA) is 59.3 Å². The zero-order valence-corrected chi connectivity index (χ0v) is 15.2. The van der Waals surface area contributed by atoms with E-state index in [1.807, 2.05) is 12.4 Å². The van der Waals surface area contributed by atoms with Crippen molar-refractivity contribution in [2.75, 3.05) is 13.2 Å². The second-order valence-corrected chi connectivity index (χ2v) is 8.47. The molecule has 2 aliphatic heterocycles. The molecule has 24 heavy (non-hydrogen) atoms. The van der Waals surface area contributed by atoms with Crippen molar-refractivity contribution in [3.8, 4) is 0 Å². The van der Waals surface area contributed by atoms with Gasteiger partial charge in [-0.1, -0.05) is 11.6 Å². The van der Waals surface area contributed by atoms with Crippen molar-refractivity contribution in [2.24, 2.45) is 0 Å². The summed E-state index contributed by atoms with van der Waals surface area (Å²) in [5.41, 5.74) is 2.24. The molecule has 1 saturated heterocycles. The van der Waals surface area contributed by atoms with Crippen molar-refractivity contribution in [1.82, 2.24) is 15.1 Å². The lowest BCUT2D eigenvalue weighted by Crippen LogP contribution is -2.49. The Hall–Kier alpha value is -0.920. The van der Waals surface area contributed by atoms with E-state index in [9.17, 15) is 0 Å². The van der Waals surface area contributed by atoms with Crippen LogP contribution in [0.5, 0.6) is 0 Å². The van der Waals surface area contributed by atoms with Gasteiger partial charge < -0.3 is 15.2 Å². The summed E-state index contributed by atoms with van der Waals surface area (Å²) in [6.07, 6.45) is 6.69. The fraction of sp³-hybridized carbons (Fsp3) is 0.588. The van der Waals surface area contributed by atoms with Crippen LogP contribution in [0.4, 0.5) is 0 Å². The van der Waals surface area contributed by atoms with Gasteiger partial charge in [-0.3, -0.25) is 4.68 Å². The summed E-state index contributed by atoms with van der Waals surface area (Å²) in [6, 6.07) is 2.64. The molecule has 5 nitrogen and oxygen atoms in total. The van der Waals surface area contributed by atoms with Gasteiger partial charge in [0.05, 0.1) is 30.3 Å². The highest BCUT2D eigenvalue weighted by molar-refractivity contribution is 7.16. The molecule has 4 heterocycles. The number of nitrogens with one attached hydrogen (secondary N) is 1. The molecular formula is C17H22ClN3O2S. The summed E-state index contributed by atoms with van der Waals surface area (Å²) in [7, 11) is 0. The van der Waals surface area contributed by atoms with Crippen LogP contribution < -0.4 is 5.32 Å². The van der Waals surface area contributed by atoms with Crippen molar-refractivity contribution in [2.45, 2.75) is 50.4 Å². The van der Waals surface area contributed by atoms with Gasteiger partial charge in [0.1, 0.15) is 5.60 Å². The van der Waals surface area contributed by atoms with E-state index >= 15 is 0 Å². The summed E-state index contributed by atoms with van der Waals surface area (Å²) in [5, 5.41) is 17.1. The molecule has 7 heteroatoms. The van der Waals surface area contributed by atoms with Crippen LogP contribution in [0.25, 0.3) is 0 Å². The molecular weight excluding hydrogens is 346 g/mol. The van der Waals surface area contributed by atoms with Crippen LogP contribution in [0, 0.1) is 0 Å². The van der Waals surface area contributed by atoms with Crippen molar-refractivity contribution in [3.05, 3.63) is 38.8 Å². The second kappa shape index (κ2) is 6.42. The maximum atomic E-state index is 9.08. The minimum absolute atomic E-state index is 0.0969. The van der Waals surface area contributed by atoms with Crippen LogP contribution in [0.15, 0.2) is 18.5 Å². The van der Waals surface area contributed by atoms with Gasteiger partial charge in [0.15, 0.2) is 0 Å². The average molecular weight is 368 g/mol. The molecule has 130 valence electrons. The van der Waals surface area contributed by atoms with Crippen molar-refractivity contribution in [3.63, 3.8) is 0 Å². The Balaban J connectivity index is 1.65. The van der Waals surface area contributed by atoms with Gasteiger partial charge in [0.2, 0.25) is 0 Å². The quantitative estimate of drug-likeness (QED) is 0.875. The number of fused-ring (bicyclic) bond motifs is 2. The molecule has 1 spiro atoms. The highest BCUT2D eigenvalue weighted by atomic mass is 35.5. The highest BCUT2D eigenvalue weighted by Crippen LogP contribution is 2.49. The van der Waals surface area contributed by atoms with Crippen LogP contribution in [-0.4, -0.2) is 34.1 Å². The standard InChI is InChI=1S/C17H22ClN3O2S/c1-11-7-17(16-12(2-5-23-17)6-15(18)24-16)8-14(20-11)13-9-19-21(10-13)3-4-22/h6,9-11,14,20,22H,2-5,7-8H2,1H3. The fourth-order valence-corrected chi connectivity index (χ4v) is 5.52. The van der Waals surface area contributed by atoms with E-state index in [-0.39, 0.29) is 18.2 Å². The van der Waals surface area contributed by atoms with E-state index in [1.54, 1.807) is 16.0 Å². The third-order valence-electron chi connectivity index (χ3n) is 4.98. The molecule has 4 rings (SSSR count). The summed E-state index contributed by atoms with van der Waals surface area (Å²) in [4.78, 5) is 1.31. The van der Waals surface area contributed by atoms with Crippen LogP contribution in [-0.2, 0) is 23.3 Å². The van der Waals surface area contributed by atoms with Gasteiger partial charge in [-0.25, -0.2) is 0 Å². The highest BCUT2D eigenvalue weighted by Gasteiger charge is 2.46. The summed E-state index contributed by atoms with van der Waals surface area (Å²) < 4.78 is 9.01. The normalized spacial score (nSPS) is 29.8. The van der Waals surface area contributed by atoms with Crippen LogP contribution in [0.3, 0.4) is 0 Å². The Morgan fingerprint density at radius 2 is 2.42 bits per heavy atom. The molecule has 2 aromatic rings. The minimum atomic E-state index is -0.250. The van der Waals surface area contributed by atoms with E-state index in [1.165, 1.54) is 10.4 Å². The Morgan fingerprint density at radius 1 is 1.54 bits per heavy atom. The zero-order chi connectivity index (χ0) is 16.7. The molecule has 0 radical (unpaired) electrons. The first-order chi connectivity index (χ1) is 11.6. The van der Waals surface area contributed by atoms with Gasteiger partial charge in [-0.05, 0) is 31.4 Å². The van der Waals surface area contributed by atoms with Crippen LogP contribution in [0.1, 0.15) is 41.8 Å². The minimum Gasteiger partial charge on any atom is -0.394 e. The monoisotopic (exact) mass is 367 g/mol. The van der Waals surface area contributed by atoms with E-state index in [0.29, 0.717) is 12.6 Å². The average Bonchev–Trinajstić information content (AvgIpc) is 3.14. The smallest absolute Gasteiger partial charge is 0.106 e. The first-order valence-electron chi connectivity index (χ1n) is 8.41. The number of aliphatic hydroxyl groups is 1. The Morgan fingerprint density at radius 3 is 3.25 bits per heavy atom. The molecule has 0 aromatic carbocycles. The van der Waals surface area contributed by atoms with E-state index in [0.717, 1.165) is 35.8 Å². The van der Waals surface area contributed by atoms with Gasteiger partial charge in [-0.2, -0.15) is 5.10 Å². The Labute approximate surface area is 150 Å². The number of aromatic nitrogens is 2. The van der Waals surface area contributed by atoms with Gasteiger partial charge >= 0.3 is 0 Å². The first kappa shape index (κ1) is 16.5. The van der Waals surface area contributed by atoms with Crippen LogP contribution in [0.2, 0.25) is 4.34 Å². The zero-order valence-electron chi connectivity index (χ0n) is 13.7. The molecule has 0 bridgehead atoms.